The Bertz CT molecular complexity index is 568. The van der Waals surface area contributed by atoms with Crippen molar-refractivity contribution in [1.82, 2.24) is 10.2 Å². The lowest BCUT2D eigenvalue weighted by atomic mass is 10.1. The molecule has 2 aromatic heterocycles. The fourth-order valence-electron chi connectivity index (χ4n) is 1.85. The maximum Gasteiger partial charge on any atom is 0.174 e. The van der Waals surface area contributed by atoms with Gasteiger partial charge in [0.05, 0.1) is 11.7 Å². The lowest BCUT2D eigenvalue weighted by Crippen LogP contribution is -2.08. The van der Waals surface area contributed by atoms with Crippen molar-refractivity contribution in [3.8, 4) is 0 Å². The maximum absolute atomic E-state index is 5.95. The van der Waals surface area contributed by atoms with E-state index in [-0.39, 0.29) is 6.04 Å². The molecule has 4 nitrogen and oxygen atoms in total. The van der Waals surface area contributed by atoms with Crippen molar-refractivity contribution in [2.75, 3.05) is 5.32 Å². The molecule has 0 fully saturated rings. The standard InChI is InChI=1S/C12H13Cl2N3O/c1-6-4-9(8(3)18-6)7(2)15-10-5-11(13)16-17-12(10)14/h4-5,7H,1-3H3,(H,15,16). The number of anilines is 1. The number of rotatable bonds is 3. The van der Waals surface area contributed by atoms with Crippen LogP contribution >= 0.6 is 23.2 Å². The molecule has 2 rings (SSSR count). The molecule has 0 aliphatic rings. The van der Waals surface area contributed by atoms with Crippen LogP contribution in [0.4, 0.5) is 5.69 Å². The van der Waals surface area contributed by atoms with Crippen molar-refractivity contribution in [3.63, 3.8) is 0 Å². The summed E-state index contributed by atoms with van der Waals surface area (Å²) in [6.07, 6.45) is 0. The highest BCUT2D eigenvalue weighted by molar-refractivity contribution is 6.33. The molecule has 0 spiro atoms. The van der Waals surface area contributed by atoms with Crippen molar-refractivity contribution in [2.45, 2.75) is 26.8 Å². The maximum atomic E-state index is 5.95. The molecule has 0 saturated heterocycles. The third-order valence-electron chi connectivity index (χ3n) is 2.64. The lowest BCUT2D eigenvalue weighted by molar-refractivity contribution is 0.500. The van der Waals surface area contributed by atoms with Crippen molar-refractivity contribution in [3.05, 3.63) is 39.5 Å². The van der Waals surface area contributed by atoms with E-state index >= 15 is 0 Å². The van der Waals surface area contributed by atoms with Crippen LogP contribution in [0.2, 0.25) is 10.3 Å². The van der Waals surface area contributed by atoms with Gasteiger partial charge in [-0.2, -0.15) is 0 Å². The molecular weight excluding hydrogens is 273 g/mol. The molecule has 2 heterocycles. The van der Waals surface area contributed by atoms with Gasteiger partial charge in [-0.15, -0.1) is 10.2 Å². The number of halogens is 2. The first kappa shape index (κ1) is 13.2. The van der Waals surface area contributed by atoms with Gasteiger partial charge in [0.15, 0.2) is 10.3 Å². The average Bonchev–Trinajstić information content (AvgIpc) is 2.63. The van der Waals surface area contributed by atoms with Crippen molar-refractivity contribution in [2.24, 2.45) is 0 Å². The van der Waals surface area contributed by atoms with Crippen LogP contribution in [0, 0.1) is 13.8 Å². The first-order valence-corrected chi connectivity index (χ1v) is 6.25. The SMILES string of the molecule is Cc1cc(C(C)Nc2cc(Cl)nnc2Cl)c(C)o1. The van der Waals surface area contributed by atoms with Gasteiger partial charge in [0, 0.05) is 11.6 Å². The summed E-state index contributed by atoms with van der Waals surface area (Å²) in [4.78, 5) is 0. The van der Waals surface area contributed by atoms with E-state index in [1.54, 1.807) is 6.07 Å². The molecule has 0 aromatic carbocycles. The predicted octanol–water partition coefficient (Wildman–Crippen LogP) is 4.17. The highest BCUT2D eigenvalue weighted by Crippen LogP contribution is 2.28. The van der Waals surface area contributed by atoms with E-state index in [1.165, 1.54) is 0 Å². The quantitative estimate of drug-likeness (QED) is 0.920. The number of nitrogens with one attached hydrogen (secondary N) is 1. The number of hydrogen-bond acceptors (Lipinski definition) is 4. The molecule has 0 bridgehead atoms. The summed E-state index contributed by atoms with van der Waals surface area (Å²) in [7, 11) is 0. The monoisotopic (exact) mass is 285 g/mol. The van der Waals surface area contributed by atoms with E-state index in [9.17, 15) is 0 Å². The van der Waals surface area contributed by atoms with Crippen LogP contribution < -0.4 is 5.32 Å². The summed E-state index contributed by atoms with van der Waals surface area (Å²) < 4.78 is 5.50. The second kappa shape index (κ2) is 5.16. The molecule has 0 aliphatic carbocycles. The minimum Gasteiger partial charge on any atom is -0.466 e. The van der Waals surface area contributed by atoms with Gasteiger partial charge < -0.3 is 9.73 Å². The number of hydrogen-bond donors (Lipinski definition) is 1. The zero-order valence-electron chi connectivity index (χ0n) is 10.3. The molecule has 1 atom stereocenters. The lowest BCUT2D eigenvalue weighted by Gasteiger charge is -2.15. The van der Waals surface area contributed by atoms with Crippen LogP contribution in [-0.2, 0) is 0 Å². The van der Waals surface area contributed by atoms with Crippen molar-refractivity contribution >= 4 is 28.9 Å². The van der Waals surface area contributed by atoms with E-state index in [2.05, 4.69) is 15.5 Å². The zero-order chi connectivity index (χ0) is 13.3. The summed E-state index contributed by atoms with van der Waals surface area (Å²) in [5, 5.41) is 11.3. The first-order chi connectivity index (χ1) is 8.47. The van der Waals surface area contributed by atoms with Gasteiger partial charge in [-0.3, -0.25) is 0 Å². The molecule has 1 unspecified atom stereocenters. The average molecular weight is 286 g/mol. The van der Waals surface area contributed by atoms with Crippen LogP contribution in [0.25, 0.3) is 0 Å². The third-order valence-corrected chi connectivity index (χ3v) is 3.10. The van der Waals surface area contributed by atoms with E-state index in [0.29, 0.717) is 16.0 Å². The van der Waals surface area contributed by atoms with Crippen molar-refractivity contribution < 1.29 is 4.42 Å². The molecule has 18 heavy (non-hydrogen) atoms. The highest BCUT2D eigenvalue weighted by atomic mass is 35.5. The molecule has 0 radical (unpaired) electrons. The molecule has 0 aliphatic heterocycles. The van der Waals surface area contributed by atoms with E-state index in [0.717, 1.165) is 17.1 Å². The van der Waals surface area contributed by atoms with E-state index in [4.69, 9.17) is 27.6 Å². The van der Waals surface area contributed by atoms with Gasteiger partial charge in [0.1, 0.15) is 11.5 Å². The topological polar surface area (TPSA) is 51.0 Å². The normalized spacial score (nSPS) is 12.5. The fraction of sp³-hybridized carbons (Fsp3) is 0.333. The minimum atomic E-state index is 0.0419. The third kappa shape index (κ3) is 2.76. The summed E-state index contributed by atoms with van der Waals surface area (Å²) in [6, 6.07) is 3.69. The Kier molecular flexibility index (Phi) is 3.78. The van der Waals surface area contributed by atoms with Gasteiger partial charge >= 0.3 is 0 Å². The largest absolute Gasteiger partial charge is 0.466 e. The zero-order valence-corrected chi connectivity index (χ0v) is 11.8. The number of nitrogens with zero attached hydrogens (tertiary/aromatic N) is 2. The first-order valence-electron chi connectivity index (χ1n) is 5.49. The second-order valence-electron chi connectivity index (χ2n) is 4.11. The Labute approximate surface area is 115 Å². The molecule has 6 heteroatoms. The second-order valence-corrected chi connectivity index (χ2v) is 4.85. The van der Waals surface area contributed by atoms with Gasteiger partial charge in [-0.25, -0.2) is 0 Å². The molecule has 1 N–H and O–H groups in total. The molecule has 96 valence electrons. The Balaban J connectivity index is 2.23. The Hall–Kier alpha value is -1.26. The molecule has 0 amide bonds. The Morgan fingerprint density at radius 1 is 1.22 bits per heavy atom. The van der Waals surface area contributed by atoms with Crippen LogP contribution in [0.5, 0.6) is 0 Å². The minimum absolute atomic E-state index is 0.0419. The molecular formula is C12H13Cl2N3O. The van der Waals surface area contributed by atoms with Gasteiger partial charge in [0.2, 0.25) is 0 Å². The van der Waals surface area contributed by atoms with Gasteiger partial charge in [-0.1, -0.05) is 23.2 Å². The number of aryl methyl sites for hydroxylation is 2. The number of aromatic nitrogens is 2. The Morgan fingerprint density at radius 3 is 2.56 bits per heavy atom. The van der Waals surface area contributed by atoms with E-state index < -0.39 is 0 Å². The van der Waals surface area contributed by atoms with Gasteiger partial charge in [0.25, 0.3) is 0 Å². The molecule has 0 saturated carbocycles. The summed E-state index contributed by atoms with van der Waals surface area (Å²) in [5.74, 6) is 1.77. The predicted molar refractivity (Wildman–Crippen MR) is 72.3 cm³/mol. The van der Waals surface area contributed by atoms with Crippen LogP contribution in [0.1, 0.15) is 30.0 Å². The van der Waals surface area contributed by atoms with Crippen LogP contribution in [0.15, 0.2) is 16.5 Å². The molecule has 2 aromatic rings. The van der Waals surface area contributed by atoms with E-state index in [1.807, 2.05) is 26.8 Å². The van der Waals surface area contributed by atoms with Crippen LogP contribution in [0.3, 0.4) is 0 Å². The summed E-state index contributed by atoms with van der Waals surface area (Å²) >= 11 is 11.7. The Morgan fingerprint density at radius 2 is 1.94 bits per heavy atom. The van der Waals surface area contributed by atoms with Crippen LogP contribution in [-0.4, -0.2) is 10.2 Å². The fourth-order valence-corrected chi connectivity index (χ4v) is 2.14. The van der Waals surface area contributed by atoms with Crippen molar-refractivity contribution in [1.29, 1.82) is 0 Å². The highest BCUT2D eigenvalue weighted by Gasteiger charge is 2.14. The number of furan rings is 1. The van der Waals surface area contributed by atoms with Gasteiger partial charge in [-0.05, 0) is 26.8 Å². The summed E-state index contributed by atoms with van der Waals surface area (Å²) in [5.41, 5.74) is 1.74. The summed E-state index contributed by atoms with van der Waals surface area (Å²) in [6.45, 7) is 5.86. The smallest absolute Gasteiger partial charge is 0.174 e.